The number of carbonyl (C=O) groups is 1. The van der Waals surface area contributed by atoms with Crippen LogP contribution in [0, 0.1) is 20.8 Å². The highest BCUT2D eigenvalue weighted by Crippen LogP contribution is 2.24. The highest BCUT2D eigenvalue weighted by Gasteiger charge is 2.10. The van der Waals surface area contributed by atoms with Gasteiger partial charge in [0.05, 0.1) is 6.21 Å². The van der Waals surface area contributed by atoms with Gasteiger partial charge in [0.2, 0.25) is 0 Å². The Bertz CT molecular complexity index is 938. The summed E-state index contributed by atoms with van der Waals surface area (Å²) in [4.78, 5) is 16.9. The largest absolute Gasteiger partial charge is 0.483 e. The number of imidazole rings is 1. The molecular weight excluding hydrogens is 360 g/mol. The minimum Gasteiger partial charge on any atom is -0.483 e. The highest BCUT2D eigenvalue weighted by atomic mass is 35.5. The molecule has 2 heterocycles. The molecule has 3 rings (SSSR count). The Labute approximate surface area is 154 Å². The summed E-state index contributed by atoms with van der Waals surface area (Å²) in [5, 5.41) is 6.17. The Morgan fingerprint density at radius 1 is 1.40 bits per heavy atom. The van der Waals surface area contributed by atoms with Crippen molar-refractivity contribution in [3.63, 3.8) is 0 Å². The number of fused-ring (bicyclic) bond motifs is 1. The number of amides is 1. The van der Waals surface area contributed by atoms with E-state index in [0.29, 0.717) is 10.8 Å². The van der Waals surface area contributed by atoms with E-state index in [4.69, 9.17) is 16.3 Å². The van der Waals surface area contributed by atoms with E-state index in [9.17, 15) is 4.79 Å². The topological polar surface area (TPSA) is 68.0 Å². The Morgan fingerprint density at radius 2 is 2.12 bits per heavy atom. The molecule has 0 fully saturated rings. The molecule has 25 heavy (non-hydrogen) atoms. The second-order valence-electron chi connectivity index (χ2n) is 5.65. The third-order valence-corrected chi connectivity index (χ3v) is 4.62. The van der Waals surface area contributed by atoms with Gasteiger partial charge in [-0.3, -0.25) is 9.20 Å². The lowest BCUT2D eigenvalue weighted by atomic mass is 10.1. The van der Waals surface area contributed by atoms with E-state index in [2.05, 4.69) is 15.5 Å². The van der Waals surface area contributed by atoms with Gasteiger partial charge in [0, 0.05) is 11.6 Å². The van der Waals surface area contributed by atoms with Crippen LogP contribution in [0.2, 0.25) is 5.15 Å². The van der Waals surface area contributed by atoms with Crippen LogP contribution in [-0.2, 0) is 4.79 Å². The number of hydrogen-bond donors (Lipinski definition) is 1. The number of rotatable bonds is 5. The number of thiazole rings is 1. The van der Waals surface area contributed by atoms with E-state index >= 15 is 0 Å². The minimum atomic E-state index is -0.349. The standard InChI is InChI=1S/C17H17ClN4O2S/c1-10-6-11(2)15(12(3)7-10)24-9-14(23)21-19-8-13-16(18)20-17-22(13)4-5-25-17/h4-8H,9H2,1-3H3,(H,21,23)/b19-8+. The van der Waals surface area contributed by atoms with E-state index in [1.807, 2.05) is 44.5 Å². The molecular formula is C17H17ClN4O2S. The van der Waals surface area contributed by atoms with Gasteiger partial charge in [-0.1, -0.05) is 29.3 Å². The van der Waals surface area contributed by atoms with Crippen LogP contribution >= 0.6 is 22.9 Å². The van der Waals surface area contributed by atoms with Crippen molar-refractivity contribution in [2.45, 2.75) is 20.8 Å². The molecule has 1 amide bonds. The van der Waals surface area contributed by atoms with Crippen molar-refractivity contribution < 1.29 is 9.53 Å². The third kappa shape index (κ3) is 3.83. The highest BCUT2D eigenvalue weighted by molar-refractivity contribution is 7.15. The van der Waals surface area contributed by atoms with E-state index in [1.54, 1.807) is 4.40 Å². The summed E-state index contributed by atoms with van der Waals surface area (Å²) in [6.45, 7) is 5.82. The Balaban J connectivity index is 1.60. The normalized spacial score (nSPS) is 11.4. The molecule has 1 N–H and O–H groups in total. The number of aryl methyl sites for hydroxylation is 3. The van der Waals surface area contributed by atoms with Gasteiger partial charge < -0.3 is 4.74 Å². The Kier molecular flexibility index (Phi) is 5.06. The van der Waals surface area contributed by atoms with Gasteiger partial charge in [-0.05, 0) is 31.9 Å². The second kappa shape index (κ2) is 7.25. The molecule has 130 valence electrons. The van der Waals surface area contributed by atoms with Gasteiger partial charge in [0.1, 0.15) is 11.4 Å². The van der Waals surface area contributed by atoms with Crippen molar-refractivity contribution in [1.82, 2.24) is 14.8 Å². The van der Waals surface area contributed by atoms with Crippen LogP contribution in [-0.4, -0.2) is 28.1 Å². The van der Waals surface area contributed by atoms with Crippen LogP contribution in [0.4, 0.5) is 0 Å². The number of halogens is 1. The van der Waals surface area contributed by atoms with Crippen molar-refractivity contribution >= 4 is 40.0 Å². The molecule has 1 aromatic carbocycles. The number of hydrogen-bond acceptors (Lipinski definition) is 5. The number of benzene rings is 1. The number of aromatic nitrogens is 2. The summed E-state index contributed by atoms with van der Waals surface area (Å²) in [5.74, 6) is 0.376. The summed E-state index contributed by atoms with van der Waals surface area (Å²) in [7, 11) is 0. The maximum absolute atomic E-state index is 11.9. The third-order valence-electron chi connectivity index (χ3n) is 3.58. The molecule has 0 aliphatic carbocycles. The van der Waals surface area contributed by atoms with Gasteiger partial charge in [-0.2, -0.15) is 5.10 Å². The van der Waals surface area contributed by atoms with Crippen LogP contribution in [0.15, 0.2) is 28.8 Å². The molecule has 8 heteroatoms. The van der Waals surface area contributed by atoms with Crippen LogP contribution in [0.5, 0.6) is 5.75 Å². The quantitative estimate of drug-likeness (QED) is 0.547. The first-order valence-corrected chi connectivity index (χ1v) is 8.85. The zero-order chi connectivity index (χ0) is 18.0. The van der Waals surface area contributed by atoms with Gasteiger partial charge in [-0.15, -0.1) is 11.3 Å². The molecule has 0 aliphatic heterocycles. The van der Waals surface area contributed by atoms with Crippen LogP contribution in [0.25, 0.3) is 4.96 Å². The number of ether oxygens (including phenoxy) is 1. The fourth-order valence-electron chi connectivity index (χ4n) is 2.62. The zero-order valence-corrected chi connectivity index (χ0v) is 15.6. The Morgan fingerprint density at radius 3 is 2.84 bits per heavy atom. The van der Waals surface area contributed by atoms with Crippen LogP contribution in [0.1, 0.15) is 22.4 Å². The van der Waals surface area contributed by atoms with Crippen molar-refractivity contribution in [3.8, 4) is 5.75 Å². The molecule has 0 atom stereocenters. The SMILES string of the molecule is Cc1cc(C)c(OCC(=O)N/N=C/c2c(Cl)nc3sccn23)c(C)c1. The molecule has 0 saturated carbocycles. The first-order valence-electron chi connectivity index (χ1n) is 7.59. The summed E-state index contributed by atoms with van der Waals surface area (Å²) >= 11 is 7.53. The zero-order valence-electron chi connectivity index (χ0n) is 14.0. The number of carbonyl (C=O) groups excluding carboxylic acids is 1. The maximum atomic E-state index is 11.9. The lowest BCUT2D eigenvalue weighted by Crippen LogP contribution is -2.25. The smallest absolute Gasteiger partial charge is 0.277 e. The van der Waals surface area contributed by atoms with Crippen molar-refractivity contribution in [1.29, 1.82) is 0 Å². The fourth-order valence-corrected chi connectivity index (χ4v) is 3.61. The average Bonchev–Trinajstić information content (AvgIpc) is 3.08. The van der Waals surface area contributed by atoms with Crippen molar-refractivity contribution in [2.24, 2.45) is 5.10 Å². The summed E-state index contributed by atoms with van der Waals surface area (Å²) in [6, 6.07) is 4.04. The second-order valence-corrected chi connectivity index (χ2v) is 6.88. The lowest BCUT2D eigenvalue weighted by Gasteiger charge is -2.12. The van der Waals surface area contributed by atoms with E-state index in [0.717, 1.165) is 27.4 Å². The molecule has 2 aromatic heterocycles. The molecule has 0 radical (unpaired) electrons. The molecule has 0 aliphatic rings. The predicted octanol–water partition coefficient (Wildman–Crippen LogP) is 3.50. The minimum absolute atomic E-state index is 0.115. The summed E-state index contributed by atoms with van der Waals surface area (Å²) < 4.78 is 7.43. The van der Waals surface area contributed by atoms with E-state index < -0.39 is 0 Å². The van der Waals surface area contributed by atoms with Crippen molar-refractivity contribution in [3.05, 3.63) is 51.2 Å². The van der Waals surface area contributed by atoms with E-state index in [1.165, 1.54) is 17.6 Å². The van der Waals surface area contributed by atoms with Gasteiger partial charge in [0.25, 0.3) is 5.91 Å². The molecule has 6 nitrogen and oxygen atoms in total. The predicted molar refractivity (Wildman–Crippen MR) is 100.0 cm³/mol. The number of nitrogens with zero attached hydrogens (tertiary/aromatic N) is 3. The first kappa shape index (κ1) is 17.4. The number of hydrazone groups is 1. The fraction of sp³-hybridized carbons (Fsp3) is 0.235. The van der Waals surface area contributed by atoms with Crippen LogP contribution in [0.3, 0.4) is 0 Å². The lowest BCUT2D eigenvalue weighted by molar-refractivity contribution is -0.123. The average molecular weight is 377 g/mol. The van der Waals surface area contributed by atoms with E-state index in [-0.39, 0.29) is 12.5 Å². The van der Waals surface area contributed by atoms with Gasteiger partial charge in [-0.25, -0.2) is 10.4 Å². The molecule has 3 aromatic rings. The summed E-state index contributed by atoms with van der Waals surface area (Å²) in [5.41, 5.74) is 6.21. The molecule has 0 saturated heterocycles. The molecule has 0 unspecified atom stereocenters. The molecule has 0 bridgehead atoms. The molecule has 0 spiro atoms. The monoisotopic (exact) mass is 376 g/mol. The summed E-state index contributed by atoms with van der Waals surface area (Å²) in [6.07, 6.45) is 3.31. The van der Waals surface area contributed by atoms with Crippen LogP contribution < -0.4 is 10.2 Å². The Hall–Kier alpha value is -2.38. The maximum Gasteiger partial charge on any atom is 0.277 e. The van der Waals surface area contributed by atoms with Gasteiger partial charge >= 0.3 is 0 Å². The first-order chi connectivity index (χ1) is 12.0. The number of nitrogens with one attached hydrogen (secondary N) is 1. The van der Waals surface area contributed by atoms with Crippen molar-refractivity contribution in [2.75, 3.05) is 6.61 Å². The van der Waals surface area contributed by atoms with Gasteiger partial charge in [0.15, 0.2) is 16.7 Å².